The molecule has 0 spiro atoms. The molecule has 0 aliphatic rings. The van der Waals surface area contributed by atoms with Gasteiger partial charge in [-0.15, -0.1) is 0 Å². The minimum absolute atomic E-state index is 0.0292. The summed E-state index contributed by atoms with van der Waals surface area (Å²) in [5.41, 5.74) is 1.04. The van der Waals surface area contributed by atoms with E-state index in [1.807, 2.05) is 0 Å². The molecule has 0 fully saturated rings. The molecule has 1 atom stereocenters. The van der Waals surface area contributed by atoms with E-state index >= 15 is 0 Å². The predicted octanol–water partition coefficient (Wildman–Crippen LogP) is 1.07. The fourth-order valence-electron chi connectivity index (χ4n) is 2.28. The zero-order valence-corrected chi connectivity index (χ0v) is 14.8. The van der Waals surface area contributed by atoms with E-state index in [-0.39, 0.29) is 22.0 Å². The Balaban J connectivity index is 2.50. The first-order valence-electron chi connectivity index (χ1n) is 6.96. The van der Waals surface area contributed by atoms with Crippen LogP contribution < -0.4 is 0 Å². The van der Waals surface area contributed by atoms with E-state index in [1.54, 1.807) is 0 Å². The molecule has 0 saturated carbocycles. The van der Waals surface area contributed by atoms with E-state index in [1.165, 1.54) is 42.5 Å². The summed E-state index contributed by atoms with van der Waals surface area (Å²) < 4.78 is 46.3. The maximum atomic E-state index is 11.7. The van der Waals surface area contributed by atoms with Crippen LogP contribution in [0.25, 0.3) is 0 Å². The van der Waals surface area contributed by atoms with Gasteiger partial charge in [-0.1, -0.05) is 18.2 Å². The number of hydrogen-bond acceptors (Lipinski definition) is 6. The maximum Gasteiger partial charge on any atom is 0.175 e. The molecule has 24 heavy (non-hydrogen) atoms. The van der Waals surface area contributed by atoms with Crippen molar-refractivity contribution in [3.05, 3.63) is 59.2 Å². The molecule has 2 N–H and O–H groups in total. The highest BCUT2D eigenvalue weighted by Gasteiger charge is 2.18. The van der Waals surface area contributed by atoms with Gasteiger partial charge in [0, 0.05) is 12.5 Å². The molecule has 0 saturated heterocycles. The number of sulfone groups is 2. The first kappa shape index (κ1) is 18.6. The Kier molecular flexibility index (Phi) is 5.14. The number of aliphatic hydroxyl groups excluding tert-OH is 2. The van der Waals surface area contributed by atoms with Crippen molar-refractivity contribution in [2.75, 3.05) is 12.5 Å². The summed E-state index contributed by atoms with van der Waals surface area (Å²) in [6.45, 7) is -0.363. The van der Waals surface area contributed by atoms with Gasteiger partial charge in [0.05, 0.1) is 16.4 Å². The molecule has 6 nitrogen and oxygen atoms in total. The molecule has 0 radical (unpaired) electrons. The second-order valence-electron chi connectivity index (χ2n) is 5.53. The Bertz CT molecular complexity index is 945. The first-order valence-corrected chi connectivity index (χ1v) is 10.7. The second-order valence-corrected chi connectivity index (χ2v) is 9.57. The number of benzene rings is 2. The summed E-state index contributed by atoms with van der Waals surface area (Å²) in [7, 11) is -6.81. The largest absolute Gasteiger partial charge is 0.392 e. The van der Waals surface area contributed by atoms with Crippen molar-refractivity contribution in [1.82, 2.24) is 0 Å². The quantitative estimate of drug-likeness (QED) is 0.815. The third kappa shape index (κ3) is 4.02. The van der Waals surface area contributed by atoms with Gasteiger partial charge in [0.1, 0.15) is 6.10 Å². The molecule has 130 valence electrons. The Morgan fingerprint density at radius 1 is 0.875 bits per heavy atom. The van der Waals surface area contributed by atoms with Crippen molar-refractivity contribution < 1.29 is 27.0 Å². The maximum absolute atomic E-state index is 11.7. The van der Waals surface area contributed by atoms with E-state index in [0.717, 1.165) is 12.5 Å². The van der Waals surface area contributed by atoms with E-state index in [0.29, 0.717) is 11.1 Å². The molecule has 0 heterocycles. The van der Waals surface area contributed by atoms with E-state index in [9.17, 15) is 27.0 Å². The van der Waals surface area contributed by atoms with Crippen LogP contribution in [-0.2, 0) is 26.3 Å². The topological polar surface area (TPSA) is 109 Å². The predicted molar refractivity (Wildman–Crippen MR) is 89.1 cm³/mol. The molecule has 0 aliphatic carbocycles. The fraction of sp³-hybridized carbons (Fsp3) is 0.250. The standard InChI is InChI=1S/C16H18O6S2/c1-23(19,20)13-6-3-11(4-7-13)16(18)15-9-14(24(2,21)22)8-5-12(15)10-17/h3-9,16-18H,10H2,1-2H3. The van der Waals surface area contributed by atoms with Gasteiger partial charge in [-0.05, 0) is 41.0 Å². The summed E-state index contributed by atoms with van der Waals surface area (Å²) in [5.74, 6) is 0. The van der Waals surface area contributed by atoms with Crippen molar-refractivity contribution in [2.45, 2.75) is 22.5 Å². The minimum Gasteiger partial charge on any atom is -0.392 e. The highest BCUT2D eigenvalue weighted by Crippen LogP contribution is 2.28. The van der Waals surface area contributed by atoms with Gasteiger partial charge in [0.15, 0.2) is 19.7 Å². The summed E-state index contributed by atoms with van der Waals surface area (Å²) in [6.07, 6.45) is 0.943. The van der Waals surface area contributed by atoms with Gasteiger partial charge in [0.25, 0.3) is 0 Å². The van der Waals surface area contributed by atoms with Gasteiger partial charge >= 0.3 is 0 Å². The van der Waals surface area contributed by atoms with Gasteiger partial charge in [-0.3, -0.25) is 0 Å². The monoisotopic (exact) mass is 370 g/mol. The fourth-order valence-corrected chi connectivity index (χ4v) is 3.57. The Labute approximate surface area is 141 Å². The van der Waals surface area contributed by atoms with Crippen LogP contribution in [-0.4, -0.2) is 39.6 Å². The SMILES string of the molecule is CS(=O)(=O)c1ccc(C(O)c2cc(S(C)(=O)=O)ccc2CO)cc1. The van der Waals surface area contributed by atoms with E-state index < -0.39 is 25.8 Å². The normalized spacial score (nSPS) is 13.7. The summed E-state index contributed by atoms with van der Waals surface area (Å²) in [5, 5.41) is 20.0. The van der Waals surface area contributed by atoms with Crippen LogP contribution in [0.15, 0.2) is 52.3 Å². The molecule has 2 rings (SSSR count). The van der Waals surface area contributed by atoms with Gasteiger partial charge in [-0.25, -0.2) is 16.8 Å². The van der Waals surface area contributed by atoms with E-state index in [2.05, 4.69) is 0 Å². The van der Waals surface area contributed by atoms with Gasteiger partial charge in [0.2, 0.25) is 0 Å². The van der Waals surface area contributed by atoms with Crippen molar-refractivity contribution in [1.29, 1.82) is 0 Å². The van der Waals surface area contributed by atoms with Crippen LogP contribution in [0, 0.1) is 0 Å². The van der Waals surface area contributed by atoms with Crippen molar-refractivity contribution in [2.24, 2.45) is 0 Å². The van der Waals surface area contributed by atoms with Crippen molar-refractivity contribution in [3.63, 3.8) is 0 Å². The average molecular weight is 370 g/mol. The molecule has 0 aromatic heterocycles. The minimum atomic E-state index is -3.46. The molecular weight excluding hydrogens is 352 g/mol. The van der Waals surface area contributed by atoms with Crippen molar-refractivity contribution in [3.8, 4) is 0 Å². The van der Waals surface area contributed by atoms with Crippen LogP contribution in [0.5, 0.6) is 0 Å². The van der Waals surface area contributed by atoms with Crippen LogP contribution in [0.4, 0.5) is 0 Å². The molecule has 2 aromatic rings. The number of hydrogen-bond donors (Lipinski definition) is 2. The first-order chi connectivity index (χ1) is 11.0. The molecule has 8 heteroatoms. The number of rotatable bonds is 5. The van der Waals surface area contributed by atoms with Gasteiger partial charge in [-0.2, -0.15) is 0 Å². The lowest BCUT2D eigenvalue weighted by Crippen LogP contribution is -2.07. The Morgan fingerprint density at radius 2 is 1.38 bits per heavy atom. The zero-order chi connectivity index (χ0) is 18.1. The Hall–Kier alpha value is -1.74. The summed E-state index contributed by atoms with van der Waals surface area (Å²) >= 11 is 0. The van der Waals surface area contributed by atoms with Crippen LogP contribution in [0.1, 0.15) is 22.8 Å². The van der Waals surface area contributed by atoms with Crippen LogP contribution in [0.3, 0.4) is 0 Å². The number of aliphatic hydroxyl groups is 2. The molecule has 0 amide bonds. The lowest BCUT2D eigenvalue weighted by Gasteiger charge is -2.16. The molecule has 0 bridgehead atoms. The lowest BCUT2D eigenvalue weighted by molar-refractivity contribution is 0.212. The van der Waals surface area contributed by atoms with Crippen LogP contribution in [0.2, 0.25) is 0 Å². The molecule has 0 aliphatic heterocycles. The highest BCUT2D eigenvalue weighted by atomic mass is 32.2. The molecular formula is C16H18O6S2. The van der Waals surface area contributed by atoms with Crippen LogP contribution >= 0.6 is 0 Å². The van der Waals surface area contributed by atoms with E-state index in [4.69, 9.17) is 0 Å². The second kappa shape index (κ2) is 6.64. The van der Waals surface area contributed by atoms with Gasteiger partial charge < -0.3 is 10.2 Å². The summed E-state index contributed by atoms with van der Waals surface area (Å²) in [6, 6.07) is 9.77. The smallest absolute Gasteiger partial charge is 0.175 e. The molecule has 1 unspecified atom stereocenters. The summed E-state index contributed by atoms with van der Waals surface area (Å²) in [4.78, 5) is 0.146. The lowest BCUT2D eigenvalue weighted by atomic mass is 9.97. The molecule has 2 aromatic carbocycles. The highest BCUT2D eigenvalue weighted by molar-refractivity contribution is 7.91. The Morgan fingerprint density at radius 3 is 1.83 bits per heavy atom. The third-order valence-corrected chi connectivity index (χ3v) is 5.87. The average Bonchev–Trinajstić information content (AvgIpc) is 2.52. The zero-order valence-electron chi connectivity index (χ0n) is 13.2. The third-order valence-electron chi connectivity index (χ3n) is 3.63. The van der Waals surface area contributed by atoms with Crippen molar-refractivity contribution >= 4 is 19.7 Å².